The zero-order valence-corrected chi connectivity index (χ0v) is 23.6. The molecule has 1 N–H and O–H groups in total. The van der Waals surface area contributed by atoms with Crippen LogP contribution in [0.25, 0.3) is 6.08 Å². The van der Waals surface area contributed by atoms with Gasteiger partial charge in [0.15, 0.2) is 11.5 Å². The van der Waals surface area contributed by atoms with Crippen LogP contribution in [0.4, 0.5) is 5.69 Å². The molecule has 0 atom stereocenters. The zero-order chi connectivity index (χ0) is 24.8. The first kappa shape index (κ1) is 26.3. The van der Waals surface area contributed by atoms with Gasteiger partial charge in [0.05, 0.1) is 17.3 Å². The Balaban J connectivity index is 1.86. The summed E-state index contributed by atoms with van der Waals surface area (Å²) < 4.78 is 13.4. The minimum atomic E-state index is -0.540. The predicted molar refractivity (Wildman–Crippen MR) is 145 cm³/mol. The maximum absolute atomic E-state index is 12.8. The Bertz CT molecular complexity index is 1300. The Kier molecular flexibility index (Phi) is 9.20. The van der Waals surface area contributed by atoms with Crippen molar-refractivity contribution in [3.05, 3.63) is 89.2 Å². The lowest BCUT2D eigenvalue weighted by atomic mass is 10.1. The third-order valence-corrected chi connectivity index (χ3v) is 6.89. The minimum Gasteiger partial charge on any atom is -0.493 e. The van der Waals surface area contributed by atoms with Gasteiger partial charge in [0.2, 0.25) is 0 Å². The Labute approximate surface area is 228 Å². The highest BCUT2D eigenvalue weighted by molar-refractivity contribution is 9.11. The molecular formula is C25H18Br3ClN2O3. The summed E-state index contributed by atoms with van der Waals surface area (Å²) in [6.07, 6.45) is 1.48. The number of halogens is 4. The summed E-state index contributed by atoms with van der Waals surface area (Å²) in [5.41, 5.74) is 2.90. The number of hydrogen-bond donors (Lipinski definition) is 1. The van der Waals surface area contributed by atoms with Crippen LogP contribution in [0.15, 0.2) is 67.5 Å². The summed E-state index contributed by atoms with van der Waals surface area (Å²) >= 11 is 16.6. The number of amides is 1. The van der Waals surface area contributed by atoms with Crippen LogP contribution >= 0.6 is 59.4 Å². The van der Waals surface area contributed by atoms with E-state index in [1.807, 2.05) is 43.3 Å². The molecule has 174 valence electrons. The lowest BCUT2D eigenvalue weighted by molar-refractivity contribution is -0.112. The van der Waals surface area contributed by atoms with Gasteiger partial charge in [-0.25, -0.2) is 0 Å². The second-order valence-electron chi connectivity index (χ2n) is 7.14. The van der Waals surface area contributed by atoms with E-state index in [2.05, 4.69) is 53.1 Å². The molecule has 0 aliphatic rings. The first-order valence-corrected chi connectivity index (χ1v) is 12.6. The number of rotatable bonds is 7. The highest BCUT2D eigenvalue weighted by Crippen LogP contribution is 2.38. The van der Waals surface area contributed by atoms with Crippen LogP contribution in [0, 0.1) is 18.3 Å². The molecular weight excluding hydrogens is 651 g/mol. The Morgan fingerprint density at radius 3 is 2.41 bits per heavy atom. The number of aryl methyl sites for hydroxylation is 1. The van der Waals surface area contributed by atoms with E-state index in [1.54, 1.807) is 18.2 Å². The van der Waals surface area contributed by atoms with Crippen molar-refractivity contribution in [3.63, 3.8) is 0 Å². The summed E-state index contributed by atoms with van der Waals surface area (Å²) in [7, 11) is 1.52. The van der Waals surface area contributed by atoms with Gasteiger partial charge in [0.25, 0.3) is 5.91 Å². The molecule has 0 saturated heterocycles. The van der Waals surface area contributed by atoms with Crippen LogP contribution in [0.2, 0.25) is 5.02 Å². The van der Waals surface area contributed by atoms with Gasteiger partial charge < -0.3 is 14.8 Å². The van der Waals surface area contributed by atoms with Gasteiger partial charge in [-0.05, 0) is 102 Å². The summed E-state index contributed by atoms with van der Waals surface area (Å²) in [5, 5.41) is 13.0. The standard InChI is InChI=1S/C25H18Br3ClN2O3/c1-14-7-18(26)23(19(27)8-14)31-25(32)17(12-30)9-15-10-20(28)24(22(11-15)33-2)34-13-16-5-3-4-6-21(16)29/h3-11H,13H2,1-2H3,(H,31,32)/b17-9+. The van der Waals surface area contributed by atoms with Crippen LogP contribution in [-0.2, 0) is 11.4 Å². The number of anilines is 1. The van der Waals surface area contributed by atoms with Crippen molar-refractivity contribution in [2.75, 3.05) is 12.4 Å². The van der Waals surface area contributed by atoms with Crippen LogP contribution in [-0.4, -0.2) is 13.0 Å². The van der Waals surface area contributed by atoms with Crippen molar-refractivity contribution in [1.82, 2.24) is 0 Å². The second-order valence-corrected chi connectivity index (χ2v) is 10.1. The summed E-state index contributed by atoms with van der Waals surface area (Å²) in [5.74, 6) is 0.381. The number of ether oxygens (including phenoxy) is 2. The number of carbonyl (C=O) groups excluding carboxylic acids is 1. The van der Waals surface area contributed by atoms with Crippen molar-refractivity contribution in [1.29, 1.82) is 5.26 Å². The third kappa shape index (κ3) is 6.42. The maximum atomic E-state index is 12.8. The fraction of sp³-hybridized carbons (Fsp3) is 0.120. The average molecular weight is 670 g/mol. The first-order valence-electron chi connectivity index (χ1n) is 9.86. The molecule has 0 aromatic heterocycles. The van der Waals surface area contributed by atoms with Gasteiger partial charge in [0.1, 0.15) is 18.2 Å². The Hall–Kier alpha value is -2.31. The Morgan fingerprint density at radius 2 is 1.79 bits per heavy atom. The van der Waals surface area contributed by atoms with E-state index >= 15 is 0 Å². The van der Waals surface area contributed by atoms with Gasteiger partial charge in [-0.1, -0.05) is 29.8 Å². The molecule has 0 heterocycles. The SMILES string of the molecule is COc1cc(/C=C(\C#N)C(=O)Nc2c(Br)cc(C)cc2Br)cc(Br)c1OCc1ccccc1Cl. The largest absolute Gasteiger partial charge is 0.493 e. The quantitative estimate of drug-likeness (QED) is 0.204. The summed E-state index contributed by atoms with van der Waals surface area (Å²) in [6, 6.07) is 16.5. The van der Waals surface area contributed by atoms with Crippen molar-refractivity contribution >= 4 is 77.1 Å². The lowest BCUT2D eigenvalue weighted by Gasteiger charge is -2.14. The first-order chi connectivity index (χ1) is 16.2. The molecule has 0 unspecified atom stereocenters. The summed E-state index contributed by atoms with van der Waals surface area (Å²) in [6.45, 7) is 2.19. The number of carbonyl (C=O) groups is 1. The van der Waals surface area contributed by atoms with Gasteiger partial charge in [0, 0.05) is 19.5 Å². The molecule has 0 radical (unpaired) electrons. The number of nitriles is 1. The van der Waals surface area contributed by atoms with Crippen molar-refractivity contribution < 1.29 is 14.3 Å². The number of nitrogens with zero attached hydrogens (tertiary/aromatic N) is 1. The molecule has 0 fully saturated rings. The van der Waals surface area contributed by atoms with E-state index in [0.717, 1.165) is 11.1 Å². The molecule has 3 aromatic rings. The van der Waals surface area contributed by atoms with Crippen LogP contribution in [0.5, 0.6) is 11.5 Å². The maximum Gasteiger partial charge on any atom is 0.266 e. The van der Waals surface area contributed by atoms with Gasteiger partial charge in [-0.2, -0.15) is 5.26 Å². The molecule has 3 rings (SSSR count). The normalized spacial score (nSPS) is 11.0. The van der Waals surface area contributed by atoms with Gasteiger partial charge in [-0.15, -0.1) is 0 Å². The molecule has 0 spiro atoms. The van der Waals surface area contributed by atoms with E-state index in [9.17, 15) is 10.1 Å². The van der Waals surface area contributed by atoms with E-state index in [-0.39, 0.29) is 12.2 Å². The molecule has 5 nitrogen and oxygen atoms in total. The van der Waals surface area contributed by atoms with Crippen molar-refractivity contribution in [2.45, 2.75) is 13.5 Å². The molecule has 3 aromatic carbocycles. The monoisotopic (exact) mass is 666 g/mol. The molecule has 0 aliphatic carbocycles. The lowest BCUT2D eigenvalue weighted by Crippen LogP contribution is -2.14. The minimum absolute atomic E-state index is 0.0712. The third-order valence-electron chi connectivity index (χ3n) is 4.68. The highest BCUT2D eigenvalue weighted by Gasteiger charge is 2.16. The number of nitrogens with one attached hydrogen (secondary N) is 1. The molecule has 0 aliphatic heterocycles. The van der Waals surface area contributed by atoms with Crippen molar-refractivity contribution in [3.8, 4) is 17.6 Å². The van der Waals surface area contributed by atoms with E-state index in [0.29, 0.717) is 41.2 Å². The van der Waals surface area contributed by atoms with E-state index in [4.69, 9.17) is 21.1 Å². The topological polar surface area (TPSA) is 71.3 Å². The van der Waals surface area contributed by atoms with Crippen LogP contribution in [0.3, 0.4) is 0 Å². The highest BCUT2D eigenvalue weighted by atomic mass is 79.9. The molecule has 1 amide bonds. The zero-order valence-electron chi connectivity index (χ0n) is 18.1. The van der Waals surface area contributed by atoms with Crippen LogP contribution in [0.1, 0.15) is 16.7 Å². The Morgan fingerprint density at radius 1 is 1.12 bits per heavy atom. The van der Waals surface area contributed by atoms with Crippen molar-refractivity contribution in [2.24, 2.45) is 0 Å². The van der Waals surface area contributed by atoms with Crippen LogP contribution < -0.4 is 14.8 Å². The predicted octanol–water partition coefficient (Wildman–Crippen LogP) is 8.07. The molecule has 9 heteroatoms. The molecule has 0 saturated carbocycles. The fourth-order valence-electron chi connectivity index (χ4n) is 3.04. The fourth-order valence-corrected chi connectivity index (χ4v) is 5.42. The number of hydrogen-bond acceptors (Lipinski definition) is 4. The van der Waals surface area contributed by atoms with Gasteiger partial charge in [-0.3, -0.25) is 4.79 Å². The molecule has 34 heavy (non-hydrogen) atoms. The van der Waals surface area contributed by atoms with E-state index in [1.165, 1.54) is 13.2 Å². The smallest absolute Gasteiger partial charge is 0.266 e. The van der Waals surface area contributed by atoms with E-state index < -0.39 is 5.91 Å². The average Bonchev–Trinajstić information content (AvgIpc) is 2.79. The number of methoxy groups -OCH3 is 1. The number of benzene rings is 3. The van der Waals surface area contributed by atoms with Gasteiger partial charge >= 0.3 is 0 Å². The molecule has 0 bridgehead atoms. The summed E-state index contributed by atoms with van der Waals surface area (Å²) in [4.78, 5) is 12.8. The second kappa shape index (κ2) is 11.9.